The van der Waals surface area contributed by atoms with Crippen molar-refractivity contribution < 1.29 is 19.1 Å². The molecule has 0 spiro atoms. The molecule has 7 nitrogen and oxygen atoms in total. The summed E-state index contributed by atoms with van der Waals surface area (Å²) < 4.78 is 5.82. The number of likely N-dealkylation sites (tertiary alicyclic amines) is 1. The molecule has 2 rings (SSSR count). The zero-order chi connectivity index (χ0) is 26.3. The molecule has 1 aliphatic rings. The van der Waals surface area contributed by atoms with E-state index in [0.29, 0.717) is 18.9 Å². The van der Waals surface area contributed by atoms with Crippen LogP contribution in [0.4, 0.5) is 0 Å². The first-order chi connectivity index (χ1) is 16.4. The Morgan fingerprint density at radius 1 is 1.11 bits per heavy atom. The summed E-state index contributed by atoms with van der Waals surface area (Å²) in [5.74, 6) is -0.508. The number of benzene rings is 1. The lowest BCUT2D eigenvalue weighted by atomic mass is 9.85. The van der Waals surface area contributed by atoms with Crippen LogP contribution in [0, 0.1) is 11.8 Å². The Labute approximate surface area is 211 Å². The van der Waals surface area contributed by atoms with Gasteiger partial charge in [0.05, 0.1) is 5.92 Å². The van der Waals surface area contributed by atoms with Gasteiger partial charge in [0.1, 0.15) is 11.6 Å². The lowest BCUT2D eigenvalue weighted by molar-refractivity contribution is -0.161. The van der Waals surface area contributed by atoms with Crippen LogP contribution in [0.5, 0.6) is 0 Å². The number of carbonyl (C=O) groups is 3. The zero-order valence-corrected chi connectivity index (χ0v) is 22.8. The van der Waals surface area contributed by atoms with Crippen molar-refractivity contribution in [1.82, 2.24) is 15.1 Å². The van der Waals surface area contributed by atoms with Gasteiger partial charge in [-0.05, 0) is 45.1 Å². The number of rotatable bonds is 10. The molecule has 0 aromatic heterocycles. The Bertz CT molecular complexity index is 846. The molecule has 0 saturated carbocycles. The molecule has 2 amide bonds. The molecule has 1 N–H and O–H groups in total. The van der Waals surface area contributed by atoms with Gasteiger partial charge >= 0.3 is 5.97 Å². The molecule has 35 heavy (non-hydrogen) atoms. The Morgan fingerprint density at radius 3 is 2.20 bits per heavy atom. The largest absolute Gasteiger partial charge is 0.459 e. The molecule has 4 atom stereocenters. The molecule has 1 aliphatic heterocycles. The Kier molecular flexibility index (Phi) is 10.3. The van der Waals surface area contributed by atoms with E-state index in [-0.39, 0.29) is 29.9 Å². The first kappa shape index (κ1) is 28.8. The molecule has 1 fully saturated rings. The van der Waals surface area contributed by atoms with Gasteiger partial charge in [-0.25, -0.2) is 0 Å². The normalized spacial score (nSPS) is 21.6. The van der Waals surface area contributed by atoms with Gasteiger partial charge in [-0.3, -0.25) is 19.3 Å². The van der Waals surface area contributed by atoms with E-state index in [0.717, 1.165) is 24.8 Å². The quantitative estimate of drug-likeness (QED) is 0.505. The van der Waals surface area contributed by atoms with Gasteiger partial charge < -0.3 is 15.0 Å². The summed E-state index contributed by atoms with van der Waals surface area (Å²) in [7, 11) is 3.49. The third-order valence-electron chi connectivity index (χ3n) is 6.86. The minimum Gasteiger partial charge on any atom is -0.459 e. The predicted molar refractivity (Wildman–Crippen MR) is 139 cm³/mol. The van der Waals surface area contributed by atoms with E-state index >= 15 is 0 Å². The number of hydrogen-bond acceptors (Lipinski definition) is 5. The highest BCUT2D eigenvalue weighted by molar-refractivity contribution is 5.84. The summed E-state index contributed by atoms with van der Waals surface area (Å²) in [6.07, 6.45) is 3.09. The van der Waals surface area contributed by atoms with E-state index in [1.54, 1.807) is 19.0 Å². The van der Waals surface area contributed by atoms with Crippen molar-refractivity contribution in [1.29, 1.82) is 0 Å². The van der Waals surface area contributed by atoms with Crippen LogP contribution in [0.2, 0.25) is 0 Å². The SMILES string of the molecule is CCC(CC)C[C@H](NC(C)=O)[C@H]1[C@H](C(=O)N(C)C)C[C@H](C(=O)OC(C)(C)C)N1Cc1ccccc1. The second-order valence-corrected chi connectivity index (χ2v) is 11.0. The summed E-state index contributed by atoms with van der Waals surface area (Å²) in [4.78, 5) is 42.9. The minimum atomic E-state index is -0.638. The number of nitrogens with one attached hydrogen (secondary N) is 1. The predicted octanol–water partition coefficient (Wildman–Crippen LogP) is 4.01. The van der Waals surface area contributed by atoms with Crippen molar-refractivity contribution in [3.05, 3.63) is 35.9 Å². The molecule has 1 saturated heterocycles. The third-order valence-corrected chi connectivity index (χ3v) is 6.86. The molecule has 0 bridgehead atoms. The second-order valence-electron chi connectivity index (χ2n) is 11.0. The van der Waals surface area contributed by atoms with E-state index in [4.69, 9.17) is 4.74 Å². The van der Waals surface area contributed by atoms with Crippen LogP contribution in [0.3, 0.4) is 0 Å². The summed E-state index contributed by atoms with van der Waals surface area (Å²) in [5.41, 5.74) is 0.411. The molecule has 1 aromatic carbocycles. The fourth-order valence-electron chi connectivity index (χ4n) is 5.18. The molecule has 0 aliphatic carbocycles. The van der Waals surface area contributed by atoms with E-state index in [9.17, 15) is 14.4 Å². The van der Waals surface area contributed by atoms with E-state index in [2.05, 4.69) is 24.1 Å². The molecule has 0 radical (unpaired) electrons. The topological polar surface area (TPSA) is 79.0 Å². The number of carbonyl (C=O) groups excluding carboxylic acids is 3. The fourth-order valence-corrected chi connectivity index (χ4v) is 5.18. The van der Waals surface area contributed by atoms with E-state index in [1.807, 2.05) is 51.1 Å². The van der Waals surface area contributed by atoms with Crippen molar-refractivity contribution in [2.24, 2.45) is 11.8 Å². The average Bonchev–Trinajstić information content (AvgIpc) is 3.14. The van der Waals surface area contributed by atoms with Gasteiger partial charge in [-0.15, -0.1) is 0 Å². The van der Waals surface area contributed by atoms with Crippen LogP contribution in [0.15, 0.2) is 30.3 Å². The maximum Gasteiger partial charge on any atom is 0.323 e. The monoisotopic (exact) mass is 487 g/mol. The van der Waals surface area contributed by atoms with Gasteiger partial charge in [0.15, 0.2) is 0 Å². The van der Waals surface area contributed by atoms with Gasteiger partial charge in [0, 0.05) is 39.6 Å². The average molecular weight is 488 g/mol. The molecule has 196 valence electrons. The standard InChI is InChI=1S/C28H45N3O4/c1-9-20(10-2)16-23(29-19(3)32)25-22(26(33)30(7)8)17-24(27(34)35-28(4,5)6)31(25)18-21-14-12-11-13-15-21/h11-15,20,22-25H,9-10,16-18H2,1-8H3,(H,29,32)/t22-,23+,24-,25-/m1/s1. The van der Waals surface area contributed by atoms with Crippen LogP contribution in [-0.4, -0.2) is 65.4 Å². The van der Waals surface area contributed by atoms with E-state index < -0.39 is 17.6 Å². The second kappa shape index (κ2) is 12.5. The Balaban J connectivity index is 2.59. The van der Waals surface area contributed by atoms with Gasteiger partial charge in [0.25, 0.3) is 0 Å². The van der Waals surface area contributed by atoms with Gasteiger partial charge in [-0.2, -0.15) is 0 Å². The zero-order valence-electron chi connectivity index (χ0n) is 22.8. The third kappa shape index (κ3) is 8.06. The van der Waals surface area contributed by atoms with Crippen molar-refractivity contribution in [2.75, 3.05) is 14.1 Å². The summed E-state index contributed by atoms with van der Waals surface area (Å²) in [5, 5.41) is 3.16. The van der Waals surface area contributed by atoms with Crippen LogP contribution in [0.1, 0.15) is 72.8 Å². The maximum absolute atomic E-state index is 13.5. The van der Waals surface area contributed by atoms with Crippen LogP contribution in [0.25, 0.3) is 0 Å². The van der Waals surface area contributed by atoms with Gasteiger partial charge in [-0.1, -0.05) is 57.0 Å². The van der Waals surface area contributed by atoms with Crippen molar-refractivity contribution >= 4 is 17.8 Å². The first-order valence-electron chi connectivity index (χ1n) is 12.9. The Hall–Kier alpha value is -2.41. The number of amides is 2. The van der Waals surface area contributed by atoms with Gasteiger partial charge in [0.2, 0.25) is 11.8 Å². The summed E-state index contributed by atoms with van der Waals surface area (Å²) in [6.45, 7) is 11.9. The lowest BCUT2D eigenvalue weighted by Gasteiger charge is -2.38. The molecule has 1 aromatic rings. The number of ether oxygens (including phenoxy) is 1. The smallest absolute Gasteiger partial charge is 0.323 e. The molecule has 7 heteroatoms. The highest BCUT2D eigenvalue weighted by Gasteiger charge is 2.52. The lowest BCUT2D eigenvalue weighted by Crippen LogP contribution is -2.55. The minimum absolute atomic E-state index is 0.0287. The highest BCUT2D eigenvalue weighted by atomic mass is 16.6. The molecular formula is C28H45N3O4. The molecule has 0 unspecified atom stereocenters. The summed E-state index contributed by atoms with van der Waals surface area (Å²) >= 11 is 0. The maximum atomic E-state index is 13.5. The van der Waals surface area contributed by atoms with Crippen LogP contribution < -0.4 is 5.32 Å². The van der Waals surface area contributed by atoms with Crippen molar-refractivity contribution in [3.63, 3.8) is 0 Å². The van der Waals surface area contributed by atoms with Crippen LogP contribution in [-0.2, 0) is 25.7 Å². The molecular weight excluding hydrogens is 442 g/mol. The van der Waals surface area contributed by atoms with Crippen LogP contribution >= 0.6 is 0 Å². The van der Waals surface area contributed by atoms with Crippen molar-refractivity contribution in [3.8, 4) is 0 Å². The number of esters is 1. The first-order valence-corrected chi connectivity index (χ1v) is 12.9. The fraction of sp³-hybridized carbons (Fsp3) is 0.679. The Morgan fingerprint density at radius 2 is 1.71 bits per heavy atom. The number of hydrogen-bond donors (Lipinski definition) is 1. The highest BCUT2D eigenvalue weighted by Crippen LogP contribution is 2.38. The van der Waals surface area contributed by atoms with Crippen molar-refractivity contribution in [2.45, 2.75) is 97.5 Å². The van der Waals surface area contributed by atoms with E-state index in [1.165, 1.54) is 6.92 Å². The number of nitrogens with zero attached hydrogens (tertiary/aromatic N) is 2. The summed E-state index contributed by atoms with van der Waals surface area (Å²) in [6, 6.07) is 8.79. The molecule has 1 heterocycles.